The molecule has 1 atom stereocenters. The van der Waals surface area contributed by atoms with Crippen LogP contribution >= 0.6 is 0 Å². The first-order valence-electron chi connectivity index (χ1n) is 7.79. The summed E-state index contributed by atoms with van der Waals surface area (Å²) < 4.78 is 10.6. The van der Waals surface area contributed by atoms with E-state index in [9.17, 15) is 9.90 Å². The number of carboxylic acid groups (broad SMARTS) is 1. The molecule has 5 nitrogen and oxygen atoms in total. The van der Waals surface area contributed by atoms with Crippen molar-refractivity contribution in [2.75, 3.05) is 33.4 Å². The summed E-state index contributed by atoms with van der Waals surface area (Å²) >= 11 is 0. The number of carboxylic acids is 1. The molecule has 120 valence electrons. The lowest BCUT2D eigenvalue weighted by molar-refractivity contribution is -0.146. The third-order valence-electron chi connectivity index (χ3n) is 5.07. The van der Waals surface area contributed by atoms with Crippen LogP contribution in [0.4, 0.5) is 0 Å². The molecule has 1 N–H and O–H groups in total. The average molecular weight is 305 g/mol. The van der Waals surface area contributed by atoms with Gasteiger partial charge in [0, 0.05) is 38.3 Å². The van der Waals surface area contributed by atoms with Crippen molar-refractivity contribution in [2.45, 2.75) is 19.4 Å². The summed E-state index contributed by atoms with van der Waals surface area (Å²) in [7, 11) is 1.65. The number of methoxy groups -OCH3 is 1. The highest BCUT2D eigenvalue weighted by Crippen LogP contribution is 2.44. The zero-order valence-electron chi connectivity index (χ0n) is 13.0. The first-order valence-corrected chi connectivity index (χ1v) is 7.79. The summed E-state index contributed by atoms with van der Waals surface area (Å²) in [6.45, 7) is 3.62. The van der Waals surface area contributed by atoms with E-state index in [-0.39, 0.29) is 11.3 Å². The smallest absolute Gasteiger partial charge is 0.308 e. The molecule has 0 aliphatic carbocycles. The summed E-state index contributed by atoms with van der Waals surface area (Å²) in [5, 5.41) is 9.60. The van der Waals surface area contributed by atoms with Crippen LogP contribution in [0.1, 0.15) is 18.4 Å². The van der Waals surface area contributed by atoms with Crippen LogP contribution in [0.3, 0.4) is 0 Å². The Kier molecular flexibility index (Phi) is 4.36. The van der Waals surface area contributed by atoms with Crippen LogP contribution in [0.5, 0.6) is 5.75 Å². The normalized spacial score (nSPS) is 24.5. The third-order valence-corrected chi connectivity index (χ3v) is 5.07. The lowest BCUT2D eigenvalue weighted by Gasteiger charge is -2.36. The fraction of sp³-hybridized carbons (Fsp3) is 0.588. The molecule has 1 aromatic rings. The minimum Gasteiger partial charge on any atom is -0.497 e. The number of hydrogen-bond donors (Lipinski definition) is 1. The number of rotatable bonds is 4. The SMILES string of the molecule is COc1ccc(CN2C[C@H](C(=O)O)C3(CCOCC3)C2)cc1. The molecule has 2 aliphatic rings. The van der Waals surface area contributed by atoms with Gasteiger partial charge in [0.25, 0.3) is 0 Å². The topological polar surface area (TPSA) is 59.0 Å². The molecule has 1 aromatic carbocycles. The van der Waals surface area contributed by atoms with E-state index in [2.05, 4.69) is 4.90 Å². The molecule has 2 fully saturated rings. The molecule has 0 radical (unpaired) electrons. The Morgan fingerprint density at radius 2 is 2.05 bits per heavy atom. The molecule has 0 amide bonds. The van der Waals surface area contributed by atoms with Crippen molar-refractivity contribution in [3.8, 4) is 5.75 Å². The lowest BCUT2D eigenvalue weighted by atomic mass is 9.72. The minimum absolute atomic E-state index is 0.115. The maximum absolute atomic E-state index is 11.7. The van der Waals surface area contributed by atoms with Crippen molar-refractivity contribution in [2.24, 2.45) is 11.3 Å². The lowest BCUT2D eigenvalue weighted by Crippen LogP contribution is -2.40. The molecule has 2 aliphatic heterocycles. The second kappa shape index (κ2) is 6.26. The second-order valence-corrected chi connectivity index (χ2v) is 6.38. The van der Waals surface area contributed by atoms with E-state index < -0.39 is 5.97 Å². The van der Waals surface area contributed by atoms with Crippen LogP contribution in [0.15, 0.2) is 24.3 Å². The maximum atomic E-state index is 11.7. The number of likely N-dealkylation sites (tertiary alicyclic amines) is 1. The van der Waals surface area contributed by atoms with Crippen LogP contribution in [0.2, 0.25) is 0 Å². The summed E-state index contributed by atoms with van der Waals surface area (Å²) in [6.07, 6.45) is 1.70. The molecule has 3 rings (SSSR count). The first-order chi connectivity index (χ1) is 10.6. The van der Waals surface area contributed by atoms with Gasteiger partial charge in [-0.15, -0.1) is 0 Å². The molecule has 0 unspecified atom stereocenters. The number of aliphatic carboxylic acids is 1. The Hall–Kier alpha value is -1.59. The van der Waals surface area contributed by atoms with Crippen LogP contribution < -0.4 is 4.74 Å². The van der Waals surface area contributed by atoms with E-state index in [1.54, 1.807) is 7.11 Å². The van der Waals surface area contributed by atoms with Crippen molar-refractivity contribution in [3.05, 3.63) is 29.8 Å². The Bertz CT molecular complexity index is 522. The second-order valence-electron chi connectivity index (χ2n) is 6.38. The van der Waals surface area contributed by atoms with Gasteiger partial charge >= 0.3 is 5.97 Å². The number of benzene rings is 1. The van der Waals surface area contributed by atoms with Crippen molar-refractivity contribution >= 4 is 5.97 Å². The molecule has 22 heavy (non-hydrogen) atoms. The van der Waals surface area contributed by atoms with Crippen molar-refractivity contribution in [1.29, 1.82) is 0 Å². The van der Waals surface area contributed by atoms with E-state index >= 15 is 0 Å². The van der Waals surface area contributed by atoms with Crippen LogP contribution in [0, 0.1) is 11.3 Å². The van der Waals surface area contributed by atoms with Gasteiger partial charge in [-0.1, -0.05) is 12.1 Å². The van der Waals surface area contributed by atoms with Crippen LogP contribution in [-0.2, 0) is 16.1 Å². The summed E-state index contributed by atoms with van der Waals surface area (Å²) in [5.74, 6) is -0.108. The maximum Gasteiger partial charge on any atom is 0.308 e. The number of ether oxygens (including phenoxy) is 2. The van der Waals surface area contributed by atoms with Gasteiger partial charge in [0.05, 0.1) is 13.0 Å². The van der Waals surface area contributed by atoms with Gasteiger partial charge in [0.2, 0.25) is 0 Å². The van der Waals surface area contributed by atoms with E-state index in [1.165, 1.54) is 5.56 Å². The molecule has 2 heterocycles. The predicted molar refractivity (Wildman–Crippen MR) is 81.9 cm³/mol. The Balaban J connectivity index is 1.71. The monoisotopic (exact) mass is 305 g/mol. The van der Waals surface area contributed by atoms with Crippen molar-refractivity contribution in [3.63, 3.8) is 0 Å². The van der Waals surface area contributed by atoms with Crippen molar-refractivity contribution < 1.29 is 19.4 Å². The Labute approximate surface area is 130 Å². The van der Waals surface area contributed by atoms with Gasteiger partial charge in [-0.05, 0) is 30.5 Å². The fourth-order valence-electron chi connectivity index (χ4n) is 3.81. The molecular weight excluding hydrogens is 282 g/mol. The molecule has 2 saturated heterocycles. The summed E-state index contributed by atoms with van der Waals surface area (Å²) in [5.41, 5.74) is 1.07. The minimum atomic E-state index is -0.667. The molecular formula is C17H23NO4. The van der Waals surface area contributed by atoms with Crippen molar-refractivity contribution in [1.82, 2.24) is 4.90 Å². The summed E-state index contributed by atoms with van der Waals surface area (Å²) in [4.78, 5) is 13.9. The molecule has 0 saturated carbocycles. The third kappa shape index (κ3) is 2.96. The largest absolute Gasteiger partial charge is 0.497 e. The molecule has 0 aromatic heterocycles. The summed E-state index contributed by atoms with van der Waals surface area (Å²) in [6, 6.07) is 7.99. The van der Waals surface area contributed by atoms with E-state index in [0.717, 1.165) is 31.7 Å². The highest BCUT2D eigenvalue weighted by Gasteiger charge is 2.50. The first kappa shape index (κ1) is 15.3. The van der Waals surface area contributed by atoms with Crippen LogP contribution in [0.25, 0.3) is 0 Å². The zero-order chi connectivity index (χ0) is 15.6. The van der Waals surface area contributed by atoms with Crippen LogP contribution in [-0.4, -0.2) is 49.4 Å². The highest BCUT2D eigenvalue weighted by atomic mass is 16.5. The standard InChI is InChI=1S/C17H23NO4/c1-21-14-4-2-13(3-5-14)10-18-11-15(16(19)20)17(12-18)6-8-22-9-7-17/h2-5,15H,6-12H2,1H3,(H,19,20)/t15-/m1/s1. The van der Waals surface area contributed by atoms with E-state index in [4.69, 9.17) is 9.47 Å². The van der Waals surface area contributed by atoms with Gasteiger partial charge < -0.3 is 14.6 Å². The van der Waals surface area contributed by atoms with Gasteiger partial charge in [-0.3, -0.25) is 9.69 Å². The van der Waals surface area contributed by atoms with Gasteiger partial charge in [-0.25, -0.2) is 0 Å². The quantitative estimate of drug-likeness (QED) is 0.922. The number of nitrogens with zero attached hydrogens (tertiary/aromatic N) is 1. The molecule has 5 heteroatoms. The zero-order valence-corrected chi connectivity index (χ0v) is 13.0. The molecule has 1 spiro atoms. The Morgan fingerprint density at radius 3 is 2.64 bits per heavy atom. The van der Waals surface area contributed by atoms with Gasteiger partial charge in [-0.2, -0.15) is 0 Å². The highest BCUT2D eigenvalue weighted by molar-refractivity contribution is 5.72. The molecule has 0 bridgehead atoms. The van der Waals surface area contributed by atoms with E-state index in [0.29, 0.717) is 19.8 Å². The number of carbonyl (C=O) groups is 1. The predicted octanol–water partition coefficient (Wildman–Crippen LogP) is 2.01. The van der Waals surface area contributed by atoms with Gasteiger partial charge in [0.15, 0.2) is 0 Å². The van der Waals surface area contributed by atoms with E-state index in [1.807, 2.05) is 24.3 Å². The Morgan fingerprint density at radius 1 is 1.36 bits per heavy atom. The van der Waals surface area contributed by atoms with Gasteiger partial charge in [0.1, 0.15) is 5.75 Å². The average Bonchev–Trinajstić information content (AvgIpc) is 2.86. The number of hydrogen-bond acceptors (Lipinski definition) is 4. The fourth-order valence-corrected chi connectivity index (χ4v) is 3.81.